The lowest BCUT2D eigenvalue weighted by Gasteiger charge is -2.28. The summed E-state index contributed by atoms with van der Waals surface area (Å²) in [7, 11) is 0. The van der Waals surface area contributed by atoms with Gasteiger partial charge in [0.25, 0.3) is 0 Å². The molecular weight excluding hydrogens is 330 g/mol. The molecular formula is C19H17N5O2. The predicted molar refractivity (Wildman–Crippen MR) is 93.4 cm³/mol. The fourth-order valence-electron chi connectivity index (χ4n) is 3.34. The van der Waals surface area contributed by atoms with Crippen molar-refractivity contribution in [3.8, 4) is 22.9 Å². The van der Waals surface area contributed by atoms with Crippen molar-refractivity contribution in [3.63, 3.8) is 0 Å². The Labute approximate surface area is 150 Å². The third-order valence-corrected chi connectivity index (χ3v) is 4.69. The van der Waals surface area contributed by atoms with Crippen molar-refractivity contribution >= 4 is 0 Å². The maximum atomic E-state index is 5.48. The Balaban J connectivity index is 1.36. The molecule has 0 bridgehead atoms. The van der Waals surface area contributed by atoms with Crippen LogP contribution in [0.25, 0.3) is 11.4 Å². The molecule has 1 aromatic carbocycles. The average molecular weight is 347 g/mol. The molecule has 4 heterocycles. The van der Waals surface area contributed by atoms with Gasteiger partial charge in [0.05, 0.1) is 11.3 Å². The van der Waals surface area contributed by atoms with Gasteiger partial charge in [0.1, 0.15) is 6.33 Å². The largest absolute Gasteiger partial charge is 0.454 e. The Morgan fingerprint density at radius 1 is 1.04 bits per heavy atom. The van der Waals surface area contributed by atoms with Crippen molar-refractivity contribution in [2.24, 2.45) is 0 Å². The molecule has 0 radical (unpaired) electrons. The molecule has 2 aliphatic heterocycles. The molecule has 3 aromatic rings. The van der Waals surface area contributed by atoms with Gasteiger partial charge in [-0.3, -0.25) is 4.90 Å². The highest BCUT2D eigenvalue weighted by Crippen LogP contribution is 2.33. The van der Waals surface area contributed by atoms with E-state index in [4.69, 9.17) is 14.5 Å². The quantitative estimate of drug-likeness (QED) is 0.719. The molecule has 7 nitrogen and oxygen atoms in total. The molecule has 0 amide bonds. The second-order valence-corrected chi connectivity index (χ2v) is 6.44. The van der Waals surface area contributed by atoms with E-state index in [1.807, 2.05) is 12.3 Å². The first kappa shape index (κ1) is 15.2. The van der Waals surface area contributed by atoms with Crippen molar-refractivity contribution in [1.29, 1.82) is 0 Å². The minimum Gasteiger partial charge on any atom is -0.454 e. The number of rotatable bonds is 3. The molecule has 0 saturated heterocycles. The molecule has 7 heteroatoms. The van der Waals surface area contributed by atoms with Crippen molar-refractivity contribution in [1.82, 2.24) is 24.8 Å². The summed E-state index contributed by atoms with van der Waals surface area (Å²) in [6.45, 7) is 2.94. The van der Waals surface area contributed by atoms with E-state index in [2.05, 4.69) is 32.0 Å². The van der Waals surface area contributed by atoms with E-state index in [9.17, 15) is 0 Å². The summed E-state index contributed by atoms with van der Waals surface area (Å²) in [5.41, 5.74) is 4.34. The van der Waals surface area contributed by atoms with Gasteiger partial charge in [-0.1, -0.05) is 6.07 Å². The van der Waals surface area contributed by atoms with Crippen LogP contribution in [0.4, 0.5) is 0 Å². The number of aromatic nitrogens is 4. The second-order valence-electron chi connectivity index (χ2n) is 6.44. The van der Waals surface area contributed by atoms with Crippen LogP contribution in [-0.2, 0) is 19.5 Å². The Bertz CT molecular complexity index is 948. The van der Waals surface area contributed by atoms with Crippen LogP contribution in [-0.4, -0.2) is 38.2 Å². The van der Waals surface area contributed by atoms with Gasteiger partial charge in [0, 0.05) is 38.2 Å². The molecule has 0 N–H and O–H groups in total. The molecule has 2 aromatic heterocycles. The van der Waals surface area contributed by atoms with Gasteiger partial charge in [-0.15, -0.1) is 0 Å². The minimum absolute atomic E-state index is 0.304. The maximum absolute atomic E-state index is 5.48. The zero-order valence-electron chi connectivity index (χ0n) is 14.1. The molecule has 2 aliphatic rings. The molecule has 0 saturated carbocycles. The second kappa shape index (κ2) is 6.34. The first-order chi connectivity index (χ1) is 12.8. The van der Waals surface area contributed by atoms with Gasteiger partial charge >= 0.3 is 0 Å². The third kappa shape index (κ3) is 2.86. The first-order valence-corrected chi connectivity index (χ1v) is 8.56. The molecule has 0 spiro atoms. The van der Waals surface area contributed by atoms with Crippen LogP contribution >= 0.6 is 0 Å². The van der Waals surface area contributed by atoms with Gasteiger partial charge in [0.2, 0.25) is 6.79 Å². The van der Waals surface area contributed by atoms with E-state index in [0.717, 1.165) is 48.8 Å². The molecule has 0 unspecified atom stereocenters. The predicted octanol–water partition coefficient (Wildman–Crippen LogP) is 2.22. The maximum Gasteiger partial charge on any atom is 0.231 e. The monoisotopic (exact) mass is 347 g/mol. The van der Waals surface area contributed by atoms with Crippen LogP contribution < -0.4 is 9.47 Å². The zero-order chi connectivity index (χ0) is 17.3. The summed E-state index contributed by atoms with van der Waals surface area (Å²) in [6, 6.07) is 6.13. The van der Waals surface area contributed by atoms with Gasteiger partial charge in [0.15, 0.2) is 17.3 Å². The highest BCUT2D eigenvalue weighted by atomic mass is 16.7. The standard InChI is InChI=1S/C19H17N5O2/c1-2-17-18(26-12-25-17)5-13(1)9-24-4-3-14-8-22-19(23-16(14)10-24)15-6-20-11-21-7-15/h1-2,5-8,11H,3-4,9-10,12H2. The highest BCUT2D eigenvalue weighted by Gasteiger charge is 2.20. The van der Waals surface area contributed by atoms with Gasteiger partial charge in [-0.25, -0.2) is 19.9 Å². The van der Waals surface area contributed by atoms with Crippen LogP contribution in [0.1, 0.15) is 16.8 Å². The zero-order valence-corrected chi connectivity index (χ0v) is 14.1. The average Bonchev–Trinajstić information content (AvgIpc) is 3.16. The van der Waals surface area contributed by atoms with E-state index in [0.29, 0.717) is 12.6 Å². The fourth-order valence-corrected chi connectivity index (χ4v) is 3.34. The normalized spacial score (nSPS) is 15.7. The molecule has 130 valence electrons. The summed E-state index contributed by atoms with van der Waals surface area (Å²) in [6.07, 6.45) is 7.87. The van der Waals surface area contributed by atoms with Crippen LogP contribution in [0.15, 0.2) is 43.1 Å². The van der Waals surface area contributed by atoms with Crippen LogP contribution in [0.2, 0.25) is 0 Å². The molecule has 0 aliphatic carbocycles. The summed E-state index contributed by atoms with van der Waals surface area (Å²) >= 11 is 0. The number of benzene rings is 1. The number of ether oxygens (including phenoxy) is 2. The summed E-state index contributed by atoms with van der Waals surface area (Å²) in [5, 5.41) is 0. The number of fused-ring (bicyclic) bond motifs is 2. The molecule has 0 atom stereocenters. The topological polar surface area (TPSA) is 73.3 Å². The summed E-state index contributed by atoms with van der Waals surface area (Å²) in [4.78, 5) is 19.7. The lowest BCUT2D eigenvalue weighted by atomic mass is 10.1. The number of hydrogen-bond donors (Lipinski definition) is 0. The van der Waals surface area contributed by atoms with Gasteiger partial charge in [-0.05, 0) is 29.7 Å². The van der Waals surface area contributed by atoms with Crippen LogP contribution in [0.3, 0.4) is 0 Å². The Hall–Kier alpha value is -3.06. The first-order valence-electron chi connectivity index (χ1n) is 8.56. The van der Waals surface area contributed by atoms with Crippen molar-refractivity contribution < 1.29 is 9.47 Å². The van der Waals surface area contributed by atoms with Crippen molar-refractivity contribution in [2.75, 3.05) is 13.3 Å². The number of hydrogen-bond acceptors (Lipinski definition) is 7. The van der Waals surface area contributed by atoms with E-state index in [1.54, 1.807) is 12.4 Å². The van der Waals surface area contributed by atoms with Gasteiger partial charge < -0.3 is 9.47 Å². The van der Waals surface area contributed by atoms with Gasteiger partial charge in [-0.2, -0.15) is 0 Å². The Kier molecular flexibility index (Phi) is 3.71. The lowest BCUT2D eigenvalue weighted by molar-refractivity contribution is 0.174. The third-order valence-electron chi connectivity index (χ3n) is 4.69. The van der Waals surface area contributed by atoms with Crippen LogP contribution in [0.5, 0.6) is 11.5 Å². The summed E-state index contributed by atoms with van der Waals surface area (Å²) in [5.74, 6) is 2.32. The molecule has 0 fully saturated rings. The fraction of sp³-hybridized carbons (Fsp3) is 0.263. The Morgan fingerprint density at radius 3 is 2.85 bits per heavy atom. The SMILES string of the molecule is c1ncc(-c2ncc3c(n2)CN(Cc2ccc4c(c2)OCO4)CC3)cn1. The highest BCUT2D eigenvalue weighted by molar-refractivity contribution is 5.52. The molecule has 26 heavy (non-hydrogen) atoms. The minimum atomic E-state index is 0.304. The summed E-state index contributed by atoms with van der Waals surface area (Å²) < 4.78 is 10.9. The number of nitrogens with zero attached hydrogens (tertiary/aromatic N) is 5. The van der Waals surface area contributed by atoms with Crippen molar-refractivity contribution in [2.45, 2.75) is 19.5 Å². The lowest BCUT2D eigenvalue weighted by Crippen LogP contribution is -2.31. The Morgan fingerprint density at radius 2 is 1.92 bits per heavy atom. The molecule has 5 rings (SSSR count). The van der Waals surface area contributed by atoms with Crippen molar-refractivity contribution in [3.05, 3.63) is 59.9 Å². The van der Waals surface area contributed by atoms with E-state index < -0.39 is 0 Å². The van der Waals surface area contributed by atoms with E-state index in [1.165, 1.54) is 17.5 Å². The van der Waals surface area contributed by atoms with E-state index >= 15 is 0 Å². The van der Waals surface area contributed by atoms with Crippen LogP contribution in [0, 0.1) is 0 Å². The van der Waals surface area contributed by atoms with E-state index in [-0.39, 0.29) is 0 Å². The smallest absolute Gasteiger partial charge is 0.231 e.